The number of H-pyrrole nitrogens is 2. The number of para-hydroxylation sites is 1. The quantitative estimate of drug-likeness (QED) is 0.712. The van der Waals surface area contributed by atoms with E-state index >= 15 is 0 Å². The fourth-order valence-corrected chi connectivity index (χ4v) is 2.07. The van der Waals surface area contributed by atoms with Gasteiger partial charge in [-0.15, -0.1) is 0 Å². The topological polar surface area (TPSA) is 75.0 Å². The smallest absolute Gasteiger partial charge is 0.420 e. The summed E-state index contributed by atoms with van der Waals surface area (Å²) in [7, 11) is 0. The molecule has 0 aliphatic rings. The molecule has 0 atom stereocenters. The predicted octanol–water partition coefficient (Wildman–Crippen LogP) is 3.03. The Morgan fingerprint density at radius 1 is 0.870 bits per heavy atom. The van der Waals surface area contributed by atoms with E-state index in [4.69, 9.17) is 4.74 Å². The molecule has 0 amide bonds. The third-order valence-electron chi connectivity index (χ3n) is 3.10. The van der Waals surface area contributed by atoms with Crippen LogP contribution in [0.4, 0.5) is 13.2 Å². The molecule has 0 aliphatic heterocycles. The summed E-state index contributed by atoms with van der Waals surface area (Å²) >= 11 is 0. The fourth-order valence-electron chi connectivity index (χ4n) is 2.07. The summed E-state index contributed by atoms with van der Waals surface area (Å²) < 4.78 is 44.9. The molecular formula is C15H9F3N2O3. The van der Waals surface area contributed by atoms with Crippen LogP contribution < -0.4 is 15.9 Å². The minimum Gasteiger partial charge on any atom is -0.457 e. The van der Waals surface area contributed by atoms with Crippen LogP contribution in [0.1, 0.15) is 5.56 Å². The molecule has 0 unspecified atom stereocenters. The number of aromatic amines is 2. The van der Waals surface area contributed by atoms with Gasteiger partial charge in [-0.1, -0.05) is 18.2 Å². The van der Waals surface area contributed by atoms with Crippen LogP contribution in [0.3, 0.4) is 0 Å². The van der Waals surface area contributed by atoms with Gasteiger partial charge in [0, 0.05) is 6.07 Å². The van der Waals surface area contributed by atoms with Gasteiger partial charge < -0.3 is 14.7 Å². The van der Waals surface area contributed by atoms with Crippen LogP contribution in [-0.2, 0) is 6.18 Å². The molecule has 23 heavy (non-hydrogen) atoms. The van der Waals surface area contributed by atoms with Gasteiger partial charge in [0.05, 0.1) is 11.0 Å². The second-order valence-electron chi connectivity index (χ2n) is 4.72. The van der Waals surface area contributed by atoms with Crippen LogP contribution >= 0.6 is 0 Å². The van der Waals surface area contributed by atoms with E-state index in [1.807, 2.05) is 0 Å². The molecule has 0 bridgehead atoms. The number of halogens is 3. The maximum absolute atomic E-state index is 13.2. The van der Waals surface area contributed by atoms with Crippen LogP contribution in [0.2, 0.25) is 0 Å². The first-order valence-electron chi connectivity index (χ1n) is 6.45. The monoisotopic (exact) mass is 322 g/mol. The van der Waals surface area contributed by atoms with Crippen LogP contribution in [0.15, 0.2) is 52.1 Å². The highest BCUT2D eigenvalue weighted by Gasteiger charge is 2.35. The largest absolute Gasteiger partial charge is 0.457 e. The number of aromatic nitrogens is 2. The molecule has 8 heteroatoms. The third kappa shape index (κ3) is 2.96. The van der Waals surface area contributed by atoms with Crippen LogP contribution in [0, 0.1) is 0 Å². The van der Waals surface area contributed by atoms with E-state index < -0.39 is 28.6 Å². The Balaban J connectivity index is 2.23. The van der Waals surface area contributed by atoms with E-state index in [0.717, 1.165) is 12.1 Å². The summed E-state index contributed by atoms with van der Waals surface area (Å²) in [5.41, 5.74) is -3.14. The average Bonchev–Trinajstić information content (AvgIpc) is 2.48. The molecule has 1 aromatic heterocycles. The van der Waals surface area contributed by atoms with Gasteiger partial charge in [0.1, 0.15) is 17.1 Å². The summed E-state index contributed by atoms with van der Waals surface area (Å²) in [5.74, 6) is -0.261. The van der Waals surface area contributed by atoms with Gasteiger partial charge in [-0.25, -0.2) is 0 Å². The molecule has 0 radical (unpaired) electrons. The van der Waals surface area contributed by atoms with Crippen molar-refractivity contribution in [3.63, 3.8) is 0 Å². The van der Waals surface area contributed by atoms with Gasteiger partial charge in [0.15, 0.2) is 0 Å². The van der Waals surface area contributed by atoms with Crippen LogP contribution in [-0.4, -0.2) is 9.97 Å². The first kappa shape index (κ1) is 14.9. The summed E-state index contributed by atoms with van der Waals surface area (Å²) in [6, 6.07) is 9.68. The van der Waals surface area contributed by atoms with Crippen molar-refractivity contribution in [2.24, 2.45) is 0 Å². The molecule has 0 spiro atoms. The predicted molar refractivity (Wildman–Crippen MR) is 76.7 cm³/mol. The van der Waals surface area contributed by atoms with Crippen molar-refractivity contribution in [3.05, 3.63) is 68.7 Å². The van der Waals surface area contributed by atoms with Gasteiger partial charge in [-0.05, 0) is 18.2 Å². The molecule has 0 aliphatic carbocycles. The van der Waals surface area contributed by atoms with E-state index in [2.05, 4.69) is 9.97 Å². The molecule has 5 nitrogen and oxygen atoms in total. The summed E-state index contributed by atoms with van der Waals surface area (Å²) in [6.45, 7) is 0. The number of ether oxygens (including phenoxy) is 1. The van der Waals surface area contributed by atoms with Crippen LogP contribution in [0.25, 0.3) is 11.0 Å². The number of hydrogen-bond acceptors (Lipinski definition) is 3. The van der Waals surface area contributed by atoms with E-state index in [1.54, 1.807) is 18.2 Å². The molecule has 3 aromatic rings. The normalized spacial score (nSPS) is 11.6. The second-order valence-corrected chi connectivity index (χ2v) is 4.72. The zero-order valence-corrected chi connectivity index (χ0v) is 11.4. The SMILES string of the molecule is O=c1[nH]c2cc(Oc3ccccc3)c(C(F)(F)F)cc2[nH]c1=O. The standard InChI is InChI=1S/C15H9F3N2O3/c16-15(17,18)9-6-10-11(20-14(22)13(21)19-10)7-12(9)23-8-4-2-1-3-5-8/h1-7H,(H,19,21)(H,20,22). The van der Waals surface area contributed by atoms with Crippen LogP contribution in [0.5, 0.6) is 11.5 Å². The number of nitrogens with one attached hydrogen (secondary N) is 2. The summed E-state index contributed by atoms with van der Waals surface area (Å²) in [5, 5.41) is 0. The number of alkyl halides is 3. The van der Waals surface area contributed by atoms with Gasteiger partial charge >= 0.3 is 17.3 Å². The second kappa shape index (κ2) is 5.31. The van der Waals surface area contributed by atoms with Crippen molar-refractivity contribution in [1.29, 1.82) is 0 Å². The third-order valence-corrected chi connectivity index (χ3v) is 3.10. The van der Waals surface area contributed by atoms with E-state index in [1.165, 1.54) is 12.1 Å². The fraction of sp³-hybridized carbons (Fsp3) is 0.0667. The molecule has 118 valence electrons. The summed E-state index contributed by atoms with van der Waals surface area (Å²) in [4.78, 5) is 26.9. The van der Waals surface area contributed by atoms with Crippen molar-refractivity contribution >= 4 is 11.0 Å². The van der Waals surface area contributed by atoms with Crippen molar-refractivity contribution in [1.82, 2.24) is 9.97 Å². The minimum atomic E-state index is -4.69. The highest BCUT2D eigenvalue weighted by Crippen LogP contribution is 2.39. The lowest BCUT2D eigenvalue weighted by atomic mass is 10.1. The van der Waals surface area contributed by atoms with Gasteiger partial charge in [-0.3, -0.25) is 9.59 Å². The highest BCUT2D eigenvalue weighted by molar-refractivity contribution is 5.77. The van der Waals surface area contributed by atoms with Gasteiger partial charge in [-0.2, -0.15) is 13.2 Å². The van der Waals surface area contributed by atoms with E-state index in [9.17, 15) is 22.8 Å². The molecule has 0 saturated heterocycles. The number of benzene rings is 2. The molecule has 3 rings (SSSR count). The molecule has 2 N–H and O–H groups in total. The number of fused-ring (bicyclic) bond motifs is 1. The Kier molecular flexibility index (Phi) is 3.44. The van der Waals surface area contributed by atoms with Gasteiger partial charge in [0.2, 0.25) is 0 Å². The number of rotatable bonds is 2. The molecule has 0 fully saturated rings. The average molecular weight is 322 g/mol. The Morgan fingerprint density at radius 2 is 1.43 bits per heavy atom. The van der Waals surface area contributed by atoms with E-state index in [-0.39, 0.29) is 16.8 Å². The summed E-state index contributed by atoms with van der Waals surface area (Å²) in [6.07, 6.45) is -4.69. The van der Waals surface area contributed by atoms with Crippen molar-refractivity contribution < 1.29 is 17.9 Å². The number of hydrogen-bond donors (Lipinski definition) is 2. The maximum Gasteiger partial charge on any atom is 0.420 e. The first-order chi connectivity index (χ1) is 10.8. The maximum atomic E-state index is 13.2. The zero-order valence-electron chi connectivity index (χ0n) is 11.4. The lowest BCUT2D eigenvalue weighted by Gasteiger charge is -2.14. The molecule has 1 heterocycles. The molecule has 0 saturated carbocycles. The zero-order chi connectivity index (χ0) is 16.6. The minimum absolute atomic E-state index is 0.0357. The van der Waals surface area contributed by atoms with Crippen molar-refractivity contribution in [2.75, 3.05) is 0 Å². The van der Waals surface area contributed by atoms with Gasteiger partial charge in [0.25, 0.3) is 0 Å². The first-order valence-corrected chi connectivity index (χ1v) is 6.45. The lowest BCUT2D eigenvalue weighted by molar-refractivity contribution is -0.138. The highest BCUT2D eigenvalue weighted by atomic mass is 19.4. The Hall–Kier alpha value is -3.03. The van der Waals surface area contributed by atoms with E-state index in [0.29, 0.717) is 0 Å². The van der Waals surface area contributed by atoms with Crippen molar-refractivity contribution in [2.45, 2.75) is 6.18 Å². The Bertz CT molecular complexity index is 975. The van der Waals surface area contributed by atoms with Crippen molar-refractivity contribution in [3.8, 4) is 11.5 Å². The molecular weight excluding hydrogens is 313 g/mol. The molecule has 2 aromatic carbocycles. The Morgan fingerprint density at radius 3 is 2.00 bits per heavy atom. The lowest BCUT2D eigenvalue weighted by Crippen LogP contribution is -2.29. The Labute approximate surface area is 126 Å².